The Labute approximate surface area is 169 Å². The number of anilines is 1. The van der Waals surface area contributed by atoms with E-state index >= 15 is 0 Å². The molecule has 2 aromatic carbocycles. The Hall–Kier alpha value is -3.56. The Morgan fingerprint density at radius 1 is 1.20 bits per heavy atom. The van der Waals surface area contributed by atoms with Crippen LogP contribution in [0.1, 0.15) is 16.7 Å². The van der Waals surface area contributed by atoms with Crippen molar-refractivity contribution in [1.82, 2.24) is 5.32 Å². The van der Waals surface area contributed by atoms with Gasteiger partial charge < -0.3 is 15.4 Å². The third-order valence-electron chi connectivity index (χ3n) is 4.40. The molecule has 1 aliphatic heterocycles. The van der Waals surface area contributed by atoms with E-state index in [2.05, 4.69) is 10.6 Å². The summed E-state index contributed by atoms with van der Waals surface area (Å²) in [4.78, 5) is 22.1. The lowest BCUT2D eigenvalue weighted by atomic mass is 10.1. The number of benzene rings is 2. The van der Waals surface area contributed by atoms with Crippen molar-refractivity contribution in [2.75, 3.05) is 25.0 Å². The predicted octanol–water partition coefficient (Wildman–Crippen LogP) is 3.79. The molecule has 0 aliphatic carbocycles. The molecule has 0 spiro atoms. The minimum atomic E-state index is -4.67. The van der Waals surface area contributed by atoms with Crippen LogP contribution in [0.5, 0.6) is 5.75 Å². The van der Waals surface area contributed by atoms with Crippen LogP contribution in [0, 0.1) is 10.1 Å². The summed E-state index contributed by atoms with van der Waals surface area (Å²) >= 11 is 0. The molecule has 10 heteroatoms. The standard InChI is InChI=1S/C20H18F3N3O4/c21-20(22,23)15-3-4-16(17(12-15)26(28)29)24-8-9-25-19(27)6-2-13-1-5-18-14(11-13)7-10-30-18/h1-6,11-12,24H,7-10H2,(H,25,27)/b6-2+. The van der Waals surface area contributed by atoms with Crippen LogP contribution in [-0.2, 0) is 17.4 Å². The molecule has 0 fully saturated rings. The van der Waals surface area contributed by atoms with E-state index in [0.29, 0.717) is 12.7 Å². The summed E-state index contributed by atoms with van der Waals surface area (Å²) in [6, 6.07) is 7.86. The van der Waals surface area contributed by atoms with Crippen LogP contribution in [0.25, 0.3) is 6.08 Å². The van der Waals surface area contributed by atoms with E-state index in [1.807, 2.05) is 18.2 Å². The van der Waals surface area contributed by atoms with Gasteiger partial charge in [-0.1, -0.05) is 6.07 Å². The lowest BCUT2D eigenvalue weighted by Crippen LogP contribution is -2.27. The Morgan fingerprint density at radius 3 is 2.73 bits per heavy atom. The number of carbonyl (C=O) groups excluding carboxylic acids is 1. The molecule has 2 N–H and O–H groups in total. The zero-order valence-corrected chi connectivity index (χ0v) is 15.7. The second-order valence-electron chi connectivity index (χ2n) is 6.50. The monoisotopic (exact) mass is 421 g/mol. The highest BCUT2D eigenvalue weighted by molar-refractivity contribution is 5.91. The van der Waals surface area contributed by atoms with Gasteiger partial charge >= 0.3 is 6.18 Å². The van der Waals surface area contributed by atoms with Gasteiger partial charge in [0.15, 0.2) is 0 Å². The first-order chi connectivity index (χ1) is 14.2. The van der Waals surface area contributed by atoms with E-state index in [9.17, 15) is 28.1 Å². The number of nitrogens with zero attached hydrogens (tertiary/aromatic N) is 1. The smallest absolute Gasteiger partial charge is 0.416 e. The molecule has 0 unspecified atom stereocenters. The number of carbonyl (C=O) groups is 1. The molecule has 1 aliphatic rings. The lowest BCUT2D eigenvalue weighted by Gasteiger charge is -2.10. The van der Waals surface area contributed by atoms with E-state index in [1.54, 1.807) is 6.08 Å². The molecule has 2 aromatic rings. The largest absolute Gasteiger partial charge is 0.493 e. The van der Waals surface area contributed by atoms with Gasteiger partial charge in [0, 0.05) is 31.7 Å². The first-order valence-corrected chi connectivity index (χ1v) is 9.05. The maximum Gasteiger partial charge on any atom is 0.416 e. The van der Waals surface area contributed by atoms with Gasteiger partial charge in [-0.2, -0.15) is 13.2 Å². The van der Waals surface area contributed by atoms with Gasteiger partial charge in [0.1, 0.15) is 11.4 Å². The summed E-state index contributed by atoms with van der Waals surface area (Å²) in [5, 5.41) is 16.3. The van der Waals surface area contributed by atoms with Gasteiger partial charge in [-0.25, -0.2) is 0 Å². The van der Waals surface area contributed by atoms with E-state index in [0.717, 1.165) is 35.4 Å². The van der Waals surface area contributed by atoms with Crippen molar-refractivity contribution < 1.29 is 27.6 Å². The van der Waals surface area contributed by atoms with Gasteiger partial charge in [-0.15, -0.1) is 0 Å². The quantitative estimate of drug-likeness (QED) is 0.307. The number of nitro groups is 1. The summed E-state index contributed by atoms with van der Waals surface area (Å²) in [5.74, 6) is 0.482. The molecule has 0 aromatic heterocycles. The fraction of sp³-hybridized carbons (Fsp3) is 0.250. The molecule has 0 saturated carbocycles. The summed E-state index contributed by atoms with van der Waals surface area (Å²) < 4.78 is 43.6. The van der Waals surface area contributed by atoms with Crippen molar-refractivity contribution in [1.29, 1.82) is 0 Å². The molecule has 7 nitrogen and oxygen atoms in total. The highest BCUT2D eigenvalue weighted by atomic mass is 19.4. The predicted molar refractivity (Wildman–Crippen MR) is 104 cm³/mol. The maximum absolute atomic E-state index is 12.7. The number of fused-ring (bicyclic) bond motifs is 1. The topological polar surface area (TPSA) is 93.5 Å². The number of alkyl halides is 3. The number of rotatable bonds is 7. The molecular weight excluding hydrogens is 403 g/mol. The fourth-order valence-corrected chi connectivity index (χ4v) is 2.93. The van der Waals surface area contributed by atoms with Gasteiger partial charge in [-0.05, 0) is 41.5 Å². The zero-order chi connectivity index (χ0) is 21.7. The first-order valence-electron chi connectivity index (χ1n) is 9.05. The molecule has 158 valence electrons. The number of amides is 1. The van der Waals surface area contributed by atoms with E-state index in [1.165, 1.54) is 6.08 Å². The van der Waals surface area contributed by atoms with Crippen molar-refractivity contribution in [3.8, 4) is 5.75 Å². The molecule has 30 heavy (non-hydrogen) atoms. The Morgan fingerprint density at radius 2 is 2.00 bits per heavy atom. The molecule has 0 atom stereocenters. The van der Waals surface area contributed by atoms with Crippen molar-refractivity contribution >= 4 is 23.4 Å². The minimum absolute atomic E-state index is 0.0573. The number of hydrogen-bond acceptors (Lipinski definition) is 5. The molecule has 0 radical (unpaired) electrons. The van der Waals surface area contributed by atoms with Crippen LogP contribution in [0.4, 0.5) is 24.5 Å². The number of halogens is 3. The van der Waals surface area contributed by atoms with E-state index < -0.39 is 22.4 Å². The van der Waals surface area contributed by atoms with Gasteiger partial charge in [0.25, 0.3) is 5.69 Å². The second kappa shape index (κ2) is 8.85. The van der Waals surface area contributed by atoms with E-state index in [4.69, 9.17) is 4.74 Å². The maximum atomic E-state index is 12.7. The lowest BCUT2D eigenvalue weighted by molar-refractivity contribution is -0.384. The average Bonchev–Trinajstić information content (AvgIpc) is 3.16. The van der Waals surface area contributed by atoms with Crippen molar-refractivity contribution in [2.45, 2.75) is 12.6 Å². The Kier molecular flexibility index (Phi) is 6.24. The number of ether oxygens (including phenoxy) is 1. The SMILES string of the molecule is O=C(/C=C/c1ccc2c(c1)CCO2)NCCNc1ccc(C(F)(F)F)cc1[N+](=O)[O-]. The molecule has 3 rings (SSSR count). The minimum Gasteiger partial charge on any atom is -0.493 e. The first kappa shape index (κ1) is 21.2. The summed E-state index contributed by atoms with van der Waals surface area (Å²) in [6.07, 6.45) is -0.833. The number of nitrogens with one attached hydrogen (secondary N) is 2. The third kappa shape index (κ3) is 5.28. The van der Waals surface area contributed by atoms with Gasteiger partial charge in [0.05, 0.1) is 17.1 Å². The van der Waals surface area contributed by atoms with Crippen molar-refractivity contribution in [3.05, 3.63) is 69.3 Å². The fourth-order valence-electron chi connectivity index (χ4n) is 2.93. The Balaban J connectivity index is 1.51. The van der Waals surface area contributed by atoms with E-state index in [-0.39, 0.29) is 24.7 Å². The van der Waals surface area contributed by atoms with Crippen LogP contribution in [-0.4, -0.2) is 30.5 Å². The van der Waals surface area contributed by atoms with Crippen molar-refractivity contribution in [3.63, 3.8) is 0 Å². The van der Waals surface area contributed by atoms with Crippen LogP contribution >= 0.6 is 0 Å². The van der Waals surface area contributed by atoms with Crippen LogP contribution in [0.3, 0.4) is 0 Å². The zero-order valence-electron chi connectivity index (χ0n) is 15.7. The third-order valence-corrected chi connectivity index (χ3v) is 4.40. The van der Waals surface area contributed by atoms with Crippen molar-refractivity contribution in [2.24, 2.45) is 0 Å². The molecule has 1 amide bonds. The second-order valence-corrected chi connectivity index (χ2v) is 6.50. The van der Waals surface area contributed by atoms with Crippen LogP contribution in [0.2, 0.25) is 0 Å². The Bertz CT molecular complexity index is 990. The van der Waals surface area contributed by atoms with Crippen LogP contribution < -0.4 is 15.4 Å². The van der Waals surface area contributed by atoms with Crippen LogP contribution in [0.15, 0.2) is 42.5 Å². The van der Waals surface area contributed by atoms with Gasteiger partial charge in [-0.3, -0.25) is 14.9 Å². The molecule has 0 bridgehead atoms. The molecule has 1 heterocycles. The average molecular weight is 421 g/mol. The summed E-state index contributed by atoms with van der Waals surface area (Å²) in [5.41, 5.74) is 0.0962. The molecule has 0 saturated heterocycles. The number of nitro benzene ring substituents is 1. The summed E-state index contributed by atoms with van der Waals surface area (Å²) in [7, 11) is 0. The highest BCUT2D eigenvalue weighted by Crippen LogP contribution is 2.34. The van der Waals surface area contributed by atoms with Gasteiger partial charge in [0.2, 0.25) is 5.91 Å². The highest BCUT2D eigenvalue weighted by Gasteiger charge is 2.33. The summed E-state index contributed by atoms with van der Waals surface area (Å²) in [6.45, 7) is 0.869. The normalized spacial score (nSPS) is 13.0. The molecular formula is C20H18F3N3O4. The number of hydrogen-bond donors (Lipinski definition) is 2.